The molecule has 0 aliphatic heterocycles. The van der Waals surface area contributed by atoms with E-state index in [0.717, 1.165) is 17.7 Å². The minimum Gasteiger partial charge on any atom is -1.00 e. The molecule has 0 aliphatic carbocycles. The van der Waals surface area contributed by atoms with E-state index in [2.05, 4.69) is 39.9 Å². The number of carbonyl (C=O) groups excluding carboxylic acids is 1. The first-order chi connectivity index (χ1) is 19.1. The highest BCUT2D eigenvalue weighted by atomic mass is 79.9. The fourth-order valence-corrected chi connectivity index (χ4v) is 5.60. The van der Waals surface area contributed by atoms with Gasteiger partial charge in [-0.05, 0) is 30.7 Å². The highest BCUT2D eigenvalue weighted by Crippen LogP contribution is 2.28. The molecule has 2 amide bonds. The number of hydrogen-bond donors (Lipinski definition) is 2. The van der Waals surface area contributed by atoms with E-state index in [-0.39, 0.29) is 23.0 Å². The third kappa shape index (κ3) is 12.6. The van der Waals surface area contributed by atoms with Gasteiger partial charge in [-0.15, -0.1) is 0 Å². The number of carbonyl (C=O) groups is 1. The van der Waals surface area contributed by atoms with E-state index in [1.54, 1.807) is 17.4 Å². The number of hydrogen-bond acceptors (Lipinski definition) is 3. The molecule has 0 aliphatic rings. The van der Waals surface area contributed by atoms with Crippen LogP contribution in [0.15, 0.2) is 53.4 Å². The molecule has 0 atom stereocenters. The van der Waals surface area contributed by atoms with Crippen LogP contribution >= 0.6 is 22.9 Å². The zero-order chi connectivity index (χ0) is 27.7. The molecule has 2 N–H and O–H groups in total. The molecule has 1 aromatic heterocycles. The maximum atomic E-state index is 12.7. The van der Waals surface area contributed by atoms with Crippen LogP contribution in [0.2, 0.25) is 5.02 Å². The predicted octanol–water partition coefficient (Wildman–Crippen LogP) is 6.77. The summed E-state index contributed by atoms with van der Waals surface area (Å²) in [6.45, 7) is 5.70. The van der Waals surface area contributed by atoms with Crippen LogP contribution in [0.1, 0.15) is 95.2 Å². The van der Waals surface area contributed by atoms with E-state index >= 15 is 0 Å². The normalized spacial score (nSPS) is 10.7. The molecule has 220 valence electrons. The largest absolute Gasteiger partial charge is 1.00 e. The molecule has 3 rings (SSSR count). The lowest BCUT2D eigenvalue weighted by Gasteiger charge is -2.12. The van der Waals surface area contributed by atoms with Crippen molar-refractivity contribution in [2.75, 3.05) is 17.2 Å². The summed E-state index contributed by atoms with van der Waals surface area (Å²) in [7, 11) is 0. The highest BCUT2D eigenvalue weighted by Gasteiger charge is 2.14. The Morgan fingerprint density at radius 3 is 2.17 bits per heavy atom. The van der Waals surface area contributed by atoms with Crippen LogP contribution in [0.25, 0.3) is 0 Å². The molecule has 0 fully saturated rings. The highest BCUT2D eigenvalue weighted by molar-refractivity contribution is 7.07. The molecular weight excluding hydrogens is 606 g/mol. The van der Waals surface area contributed by atoms with E-state index in [4.69, 9.17) is 16.3 Å². The molecule has 0 unspecified atom stereocenters. The van der Waals surface area contributed by atoms with Gasteiger partial charge in [0.1, 0.15) is 5.75 Å². The SMILES string of the molecule is CCCCCCCCCCCCCCOc1ccc(NC(=O)Nc2ccccc2C[n+]2cscc2C)cc1Cl.[Br-]. The molecule has 0 radical (unpaired) electrons. The number of amides is 2. The number of thiazole rings is 1. The molecule has 0 bridgehead atoms. The molecule has 40 heavy (non-hydrogen) atoms. The number of benzene rings is 2. The predicted molar refractivity (Wildman–Crippen MR) is 165 cm³/mol. The Hall–Kier alpha value is -2.09. The van der Waals surface area contributed by atoms with E-state index < -0.39 is 0 Å². The van der Waals surface area contributed by atoms with Crippen LogP contribution in [0.5, 0.6) is 5.75 Å². The van der Waals surface area contributed by atoms with Crippen molar-refractivity contribution < 1.29 is 31.1 Å². The van der Waals surface area contributed by atoms with Crippen molar-refractivity contribution in [3.8, 4) is 5.75 Å². The quantitative estimate of drug-likeness (QED) is 0.118. The van der Waals surface area contributed by atoms with Crippen LogP contribution in [-0.4, -0.2) is 12.6 Å². The fourth-order valence-electron chi connectivity index (χ4n) is 4.58. The molecule has 5 nitrogen and oxygen atoms in total. The van der Waals surface area contributed by atoms with E-state index in [9.17, 15) is 4.79 Å². The minimum absolute atomic E-state index is 0. The summed E-state index contributed by atoms with van der Waals surface area (Å²) in [6, 6.07) is 12.9. The van der Waals surface area contributed by atoms with Gasteiger partial charge in [0.15, 0.2) is 12.2 Å². The monoisotopic (exact) mass is 649 g/mol. The maximum Gasteiger partial charge on any atom is 0.323 e. The van der Waals surface area contributed by atoms with Crippen LogP contribution < -0.4 is 36.9 Å². The van der Waals surface area contributed by atoms with Gasteiger partial charge in [-0.25, -0.2) is 4.79 Å². The third-order valence-corrected chi connectivity index (χ3v) is 8.08. The van der Waals surface area contributed by atoms with Crippen LogP contribution in [0.3, 0.4) is 0 Å². The first kappa shape index (κ1) is 34.1. The number of nitrogens with one attached hydrogen (secondary N) is 2. The topological polar surface area (TPSA) is 54.2 Å². The average molecular weight is 651 g/mol. The van der Waals surface area contributed by atoms with Gasteiger partial charge >= 0.3 is 6.03 Å². The Kier molecular flexibility index (Phi) is 17.0. The van der Waals surface area contributed by atoms with Gasteiger partial charge < -0.3 is 32.4 Å². The molecule has 0 spiro atoms. The summed E-state index contributed by atoms with van der Waals surface area (Å²) >= 11 is 8.11. The van der Waals surface area contributed by atoms with Gasteiger partial charge in [-0.1, -0.05) is 119 Å². The number of para-hydroxylation sites is 1. The smallest absolute Gasteiger partial charge is 0.323 e. The summed E-state index contributed by atoms with van der Waals surface area (Å²) in [5.74, 6) is 0.652. The lowest BCUT2D eigenvalue weighted by Crippen LogP contribution is -3.00. The second kappa shape index (κ2) is 19.9. The summed E-state index contributed by atoms with van der Waals surface area (Å²) in [4.78, 5) is 12.7. The molecular formula is C32H45BrClN3O2S. The lowest BCUT2D eigenvalue weighted by molar-refractivity contribution is -0.689. The third-order valence-electron chi connectivity index (χ3n) is 6.93. The molecule has 8 heteroatoms. The number of nitrogens with zero attached hydrogens (tertiary/aromatic N) is 1. The van der Waals surface area contributed by atoms with Crippen LogP contribution in [0.4, 0.5) is 16.2 Å². The van der Waals surface area contributed by atoms with Crippen LogP contribution in [-0.2, 0) is 6.54 Å². The second-order valence-electron chi connectivity index (χ2n) is 10.2. The minimum atomic E-state index is -0.310. The Balaban J connectivity index is 0.00000560. The number of rotatable bonds is 18. The second-order valence-corrected chi connectivity index (χ2v) is 11.4. The first-order valence-electron chi connectivity index (χ1n) is 14.6. The number of unbranched alkanes of at least 4 members (excludes halogenated alkanes) is 11. The zero-order valence-electron chi connectivity index (χ0n) is 24.0. The average Bonchev–Trinajstić information content (AvgIpc) is 3.33. The Labute approximate surface area is 260 Å². The van der Waals surface area contributed by atoms with Crippen LogP contribution in [0, 0.1) is 6.92 Å². The van der Waals surface area contributed by atoms with Crippen molar-refractivity contribution >= 4 is 40.3 Å². The van der Waals surface area contributed by atoms with Crippen molar-refractivity contribution in [1.29, 1.82) is 0 Å². The molecule has 2 aromatic carbocycles. The summed E-state index contributed by atoms with van der Waals surface area (Å²) in [5, 5.41) is 8.46. The van der Waals surface area contributed by atoms with Crippen molar-refractivity contribution in [3.63, 3.8) is 0 Å². The zero-order valence-corrected chi connectivity index (χ0v) is 27.2. The number of ether oxygens (including phenoxy) is 1. The summed E-state index contributed by atoms with van der Waals surface area (Å²) in [6.07, 6.45) is 15.8. The van der Waals surface area contributed by atoms with Gasteiger partial charge in [-0.3, -0.25) is 0 Å². The van der Waals surface area contributed by atoms with Crippen molar-refractivity contribution in [2.45, 2.75) is 97.4 Å². The number of aryl methyl sites for hydroxylation is 1. The Morgan fingerprint density at radius 1 is 0.900 bits per heavy atom. The van der Waals surface area contributed by atoms with Gasteiger partial charge in [0.2, 0.25) is 5.51 Å². The number of aromatic nitrogens is 1. The van der Waals surface area contributed by atoms with E-state index in [1.807, 2.05) is 36.4 Å². The van der Waals surface area contributed by atoms with Crippen molar-refractivity contribution in [3.05, 3.63) is 69.6 Å². The van der Waals surface area contributed by atoms with Gasteiger partial charge in [0.25, 0.3) is 0 Å². The van der Waals surface area contributed by atoms with Gasteiger partial charge in [-0.2, -0.15) is 4.57 Å². The fraction of sp³-hybridized carbons (Fsp3) is 0.500. The van der Waals surface area contributed by atoms with Crippen molar-refractivity contribution in [1.82, 2.24) is 0 Å². The molecule has 3 aromatic rings. The standard InChI is InChI=1S/C32H44ClN3O2S.BrH/c1-3-4-5-6-7-8-9-10-11-12-13-16-21-38-31-20-19-28(22-29(31)33)34-32(37)35-30-18-15-14-17-27(30)23-36-25-39-24-26(36)2;/h14-15,17-20,22,24-25H,3-13,16,21,23H2,1-2H3,(H-,34,35,37);1H. The lowest BCUT2D eigenvalue weighted by atomic mass is 10.1. The van der Waals surface area contributed by atoms with E-state index in [0.29, 0.717) is 29.6 Å². The maximum absolute atomic E-state index is 12.7. The van der Waals surface area contributed by atoms with Gasteiger partial charge in [0.05, 0.1) is 22.7 Å². The number of urea groups is 1. The summed E-state index contributed by atoms with van der Waals surface area (Å²) in [5.41, 5.74) is 5.71. The van der Waals surface area contributed by atoms with Crippen molar-refractivity contribution in [2.24, 2.45) is 0 Å². The van der Waals surface area contributed by atoms with Gasteiger partial charge in [0, 0.05) is 18.2 Å². The first-order valence-corrected chi connectivity index (χ1v) is 15.9. The number of halogens is 2. The number of anilines is 2. The van der Waals surface area contributed by atoms with E-state index in [1.165, 1.54) is 76.3 Å². The Morgan fingerprint density at radius 2 is 1.55 bits per heavy atom. The molecule has 1 heterocycles. The Bertz CT molecular complexity index is 1140. The molecule has 0 saturated carbocycles. The summed E-state index contributed by atoms with van der Waals surface area (Å²) < 4.78 is 8.06. The molecule has 0 saturated heterocycles.